The van der Waals surface area contributed by atoms with Gasteiger partial charge in [-0.3, -0.25) is 5.41 Å². The van der Waals surface area contributed by atoms with Crippen molar-refractivity contribution >= 4 is 23.3 Å². The fraction of sp³-hybridized carbons (Fsp3) is 0.562. The summed E-state index contributed by atoms with van der Waals surface area (Å²) in [6.07, 6.45) is 2.50. The molecule has 1 fully saturated rings. The van der Waals surface area contributed by atoms with Crippen LogP contribution in [0, 0.1) is 11.3 Å². The van der Waals surface area contributed by atoms with Crippen molar-refractivity contribution in [3.8, 4) is 0 Å². The molecule has 1 aliphatic rings. The lowest BCUT2D eigenvalue weighted by Gasteiger charge is -2.39. The number of anilines is 1. The third-order valence-corrected chi connectivity index (χ3v) is 4.94. The predicted molar refractivity (Wildman–Crippen MR) is 89.1 cm³/mol. The van der Waals surface area contributed by atoms with E-state index in [1.807, 2.05) is 0 Å². The second-order valence-electron chi connectivity index (χ2n) is 5.68. The summed E-state index contributed by atoms with van der Waals surface area (Å²) < 4.78 is 0. The maximum atomic E-state index is 7.97. The third kappa shape index (κ3) is 3.11. The minimum atomic E-state index is 0.182. The molecular weight excluding hydrogens is 266 g/mol. The number of piperidine rings is 1. The van der Waals surface area contributed by atoms with Crippen LogP contribution in [0.1, 0.15) is 39.2 Å². The molecule has 2 unspecified atom stereocenters. The standard InChI is InChI=1S/C16H25N3S/c1-4-20-14-7-5-6-13(15(14)16(17)18)19-10-11(2)8-9-12(19)3/h5-7,11-12H,4,8-10H2,1-3H3,(H3,17,18). The molecule has 1 aromatic rings. The first-order valence-corrected chi connectivity index (χ1v) is 8.40. The van der Waals surface area contributed by atoms with Crippen molar-refractivity contribution in [1.29, 1.82) is 5.41 Å². The number of benzene rings is 1. The van der Waals surface area contributed by atoms with Crippen molar-refractivity contribution in [3.63, 3.8) is 0 Å². The highest BCUT2D eigenvalue weighted by Gasteiger charge is 2.26. The molecule has 4 heteroatoms. The molecule has 2 atom stereocenters. The SMILES string of the molecule is CCSc1cccc(N2CC(C)CCC2C)c1C(=N)N. The Morgan fingerprint density at radius 1 is 1.40 bits per heavy atom. The average Bonchev–Trinajstić information content (AvgIpc) is 2.41. The summed E-state index contributed by atoms with van der Waals surface area (Å²) in [6, 6.07) is 6.80. The molecule has 1 aliphatic heterocycles. The monoisotopic (exact) mass is 291 g/mol. The number of nitrogens with one attached hydrogen (secondary N) is 1. The van der Waals surface area contributed by atoms with Crippen molar-refractivity contribution in [3.05, 3.63) is 23.8 Å². The predicted octanol–water partition coefficient (Wildman–Crippen LogP) is 3.71. The van der Waals surface area contributed by atoms with Crippen molar-refractivity contribution in [2.45, 2.75) is 44.6 Å². The van der Waals surface area contributed by atoms with Gasteiger partial charge in [0.2, 0.25) is 0 Å². The lowest BCUT2D eigenvalue weighted by atomic mass is 9.93. The van der Waals surface area contributed by atoms with Gasteiger partial charge in [-0.05, 0) is 43.6 Å². The van der Waals surface area contributed by atoms with Gasteiger partial charge in [-0.1, -0.05) is 19.9 Å². The molecule has 110 valence electrons. The maximum absolute atomic E-state index is 7.97. The fourth-order valence-corrected chi connectivity index (χ4v) is 3.77. The zero-order valence-corrected chi connectivity index (χ0v) is 13.5. The van der Waals surface area contributed by atoms with E-state index in [-0.39, 0.29) is 5.84 Å². The molecule has 1 heterocycles. The van der Waals surface area contributed by atoms with Crippen LogP contribution in [-0.4, -0.2) is 24.2 Å². The van der Waals surface area contributed by atoms with Crippen LogP contribution >= 0.6 is 11.8 Å². The molecule has 3 nitrogen and oxygen atoms in total. The molecule has 1 aromatic carbocycles. The molecule has 0 amide bonds. The van der Waals surface area contributed by atoms with E-state index in [1.54, 1.807) is 11.8 Å². The number of hydrogen-bond acceptors (Lipinski definition) is 3. The van der Waals surface area contributed by atoms with Gasteiger partial charge in [0.05, 0.1) is 5.56 Å². The first kappa shape index (κ1) is 15.2. The zero-order chi connectivity index (χ0) is 14.7. The normalized spacial score (nSPS) is 22.9. The van der Waals surface area contributed by atoms with Crippen molar-refractivity contribution in [1.82, 2.24) is 0 Å². The van der Waals surface area contributed by atoms with Crippen LogP contribution in [0.25, 0.3) is 0 Å². The summed E-state index contributed by atoms with van der Waals surface area (Å²) in [5.74, 6) is 1.88. The van der Waals surface area contributed by atoms with Gasteiger partial charge >= 0.3 is 0 Å². The molecule has 0 bridgehead atoms. The van der Waals surface area contributed by atoms with E-state index in [2.05, 4.69) is 43.9 Å². The van der Waals surface area contributed by atoms with E-state index in [4.69, 9.17) is 11.1 Å². The van der Waals surface area contributed by atoms with Crippen molar-refractivity contribution in [2.24, 2.45) is 11.7 Å². The van der Waals surface area contributed by atoms with E-state index < -0.39 is 0 Å². The second kappa shape index (κ2) is 6.53. The third-order valence-electron chi connectivity index (χ3n) is 4.00. The Morgan fingerprint density at radius 2 is 2.15 bits per heavy atom. The first-order valence-electron chi connectivity index (χ1n) is 7.41. The summed E-state index contributed by atoms with van der Waals surface area (Å²) in [5.41, 5.74) is 7.93. The van der Waals surface area contributed by atoms with Crippen LogP contribution in [0.15, 0.2) is 23.1 Å². The Hall–Kier alpha value is -1.16. The van der Waals surface area contributed by atoms with E-state index in [9.17, 15) is 0 Å². The molecule has 0 radical (unpaired) electrons. The number of nitrogens with zero attached hydrogens (tertiary/aromatic N) is 1. The van der Waals surface area contributed by atoms with Gasteiger partial charge in [-0.2, -0.15) is 0 Å². The largest absolute Gasteiger partial charge is 0.384 e. The molecule has 0 aromatic heterocycles. The van der Waals surface area contributed by atoms with Gasteiger partial charge in [-0.25, -0.2) is 0 Å². The number of nitrogen functional groups attached to an aromatic ring is 1. The van der Waals surface area contributed by atoms with Gasteiger partial charge in [0.1, 0.15) is 5.84 Å². The van der Waals surface area contributed by atoms with Crippen LogP contribution < -0.4 is 10.6 Å². The summed E-state index contributed by atoms with van der Waals surface area (Å²) >= 11 is 1.76. The van der Waals surface area contributed by atoms with Crippen LogP contribution in [0.4, 0.5) is 5.69 Å². The molecule has 3 N–H and O–H groups in total. The Morgan fingerprint density at radius 3 is 2.80 bits per heavy atom. The average molecular weight is 291 g/mol. The fourth-order valence-electron chi connectivity index (χ4n) is 2.93. The highest BCUT2D eigenvalue weighted by molar-refractivity contribution is 7.99. The van der Waals surface area contributed by atoms with Crippen molar-refractivity contribution in [2.75, 3.05) is 17.2 Å². The summed E-state index contributed by atoms with van der Waals surface area (Å²) in [6.45, 7) is 7.76. The number of nitrogens with two attached hydrogens (primary N) is 1. The van der Waals surface area contributed by atoms with E-state index in [0.717, 1.165) is 28.4 Å². The molecule has 20 heavy (non-hydrogen) atoms. The quantitative estimate of drug-likeness (QED) is 0.505. The lowest BCUT2D eigenvalue weighted by Crippen LogP contribution is -2.42. The Labute approximate surface area is 126 Å². The molecule has 0 spiro atoms. The lowest BCUT2D eigenvalue weighted by molar-refractivity contribution is 0.390. The van der Waals surface area contributed by atoms with Crippen LogP contribution in [-0.2, 0) is 0 Å². The molecule has 0 saturated carbocycles. The van der Waals surface area contributed by atoms with Crippen LogP contribution in [0.2, 0.25) is 0 Å². The van der Waals surface area contributed by atoms with E-state index in [1.165, 1.54) is 12.8 Å². The highest BCUT2D eigenvalue weighted by atomic mass is 32.2. The Kier molecular flexibility index (Phi) is 4.97. The van der Waals surface area contributed by atoms with Crippen LogP contribution in [0.5, 0.6) is 0 Å². The number of hydrogen-bond donors (Lipinski definition) is 2. The van der Waals surface area contributed by atoms with Gasteiger partial charge in [-0.15, -0.1) is 11.8 Å². The van der Waals surface area contributed by atoms with Gasteiger partial charge in [0.25, 0.3) is 0 Å². The van der Waals surface area contributed by atoms with Crippen LogP contribution in [0.3, 0.4) is 0 Å². The van der Waals surface area contributed by atoms with E-state index >= 15 is 0 Å². The summed E-state index contributed by atoms with van der Waals surface area (Å²) in [5, 5.41) is 7.97. The zero-order valence-electron chi connectivity index (χ0n) is 12.6. The Bertz CT molecular complexity index is 487. The second-order valence-corrected chi connectivity index (χ2v) is 6.99. The Balaban J connectivity index is 2.44. The number of rotatable bonds is 4. The topological polar surface area (TPSA) is 53.1 Å². The van der Waals surface area contributed by atoms with Gasteiger partial charge in [0.15, 0.2) is 0 Å². The minimum absolute atomic E-state index is 0.182. The highest BCUT2D eigenvalue weighted by Crippen LogP contribution is 2.34. The maximum Gasteiger partial charge on any atom is 0.126 e. The smallest absolute Gasteiger partial charge is 0.126 e. The summed E-state index contributed by atoms with van der Waals surface area (Å²) in [4.78, 5) is 3.56. The molecule has 0 aliphatic carbocycles. The summed E-state index contributed by atoms with van der Waals surface area (Å²) in [7, 11) is 0. The minimum Gasteiger partial charge on any atom is -0.384 e. The number of thioether (sulfide) groups is 1. The number of amidine groups is 1. The molecular formula is C16H25N3S. The van der Waals surface area contributed by atoms with Crippen molar-refractivity contribution < 1.29 is 0 Å². The van der Waals surface area contributed by atoms with E-state index in [0.29, 0.717) is 12.0 Å². The molecule has 2 rings (SSSR count). The van der Waals surface area contributed by atoms with Gasteiger partial charge < -0.3 is 10.6 Å². The molecule has 1 saturated heterocycles. The first-order chi connectivity index (χ1) is 9.54. The van der Waals surface area contributed by atoms with Gasteiger partial charge in [0, 0.05) is 23.2 Å².